The second-order valence-electron chi connectivity index (χ2n) is 7.27. The van der Waals surface area contributed by atoms with Gasteiger partial charge in [-0.3, -0.25) is 9.69 Å². The highest BCUT2D eigenvalue weighted by Crippen LogP contribution is 2.38. The zero-order valence-electron chi connectivity index (χ0n) is 14.9. The van der Waals surface area contributed by atoms with Gasteiger partial charge in [0.05, 0.1) is 12.2 Å². The van der Waals surface area contributed by atoms with Gasteiger partial charge in [0, 0.05) is 5.56 Å². The number of aromatic nitrogens is 1. The molecule has 3 amide bonds. The lowest BCUT2D eigenvalue weighted by Gasteiger charge is -2.34. The Bertz CT molecular complexity index is 807. The van der Waals surface area contributed by atoms with Crippen molar-refractivity contribution in [2.24, 2.45) is 5.92 Å². The lowest BCUT2D eigenvalue weighted by Crippen LogP contribution is -2.49. The van der Waals surface area contributed by atoms with Crippen molar-refractivity contribution in [1.29, 1.82) is 0 Å². The van der Waals surface area contributed by atoms with Gasteiger partial charge in [-0.1, -0.05) is 31.5 Å². The third-order valence-corrected chi connectivity index (χ3v) is 5.67. The van der Waals surface area contributed by atoms with Gasteiger partial charge in [0.15, 0.2) is 0 Å². The third-order valence-electron chi connectivity index (χ3n) is 5.67. The molecule has 1 saturated carbocycles. The summed E-state index contributed by atoms with van der Waals surface area (Å²) in [5, 5.41) is 2.95. The van der Waals surface area contributed by atoms with Crippen LogP contribution >= 0.6 is 0 Å². The van der Waals surface area contributed by atoms with Crippen molar-refractivity contribution in [3.8, 4) is 11.5 Å². The van der Waals surface area contributed by atoms with Crippen molar-refractivity contribution < 1.29 is 14.0 Å². The summed E-state index contributed by atoms with van der Waals surface area (Å²) in [4.78, 5) is 31.1. The Kier molecular flexibility index (Phi) is 4.26. The molecule has 2 aromatic rings. The summed E-state index contributed by atoms with van der Waals surface area (Å²) in [5.74, 6) is 1.02. The molecule has 0 radical (unpaired) electrons. The van der Waals surface area contributed by atoms with Crippen molar-refractivity contribution >= 4 is 11.9 Å². The van der Waals surface area contributed by atoms with Crippen LogP contribution in [0.3, 0.4) is 0 Å². The number of benzene rings is 1. The number of oxazole rings is 1. The molecule has 0 bridgehead atoms. The van der Waals surface area contributed by atoms with Crippen molar-refractivity contribution in [2.75, 3.05) is 0 Å². The highest BCUT2D eigenvalue weighted by Gasteiger charge is 2.52. The first-order valence-electron chi connectivity index (χ1n) is 9.25. The maximum atomic E-state index is 13.0. The van der Waals surface area contributed by atoms with Gasteiger partial charge in [0.2, 0.25) is 5.89 Å². The maximum absolute atomic E-state index is 13.0. The smallest absolute Gasteiger partial charge is 0.325 e. The van der Waals surface area contributed by atoms with Gasteiger partial charge >= 0.3 is 6.03 Å². The number of hydrogen-bond acceptors (Lipinski definition) is 4. The zero-order chi connectivity index (χ0) is 18.1. The number of hydrogen-bond donors (Lipinski definition) is 1. The molecule has 2 aliphatic rings. The largest absolute Gasteiger partial charge is 0.444 e. The van der Waals surface area contributed by atoms with Gasteiger partial charge in [-0.05, 0) is 43.7 Å². The first-order valence-corrected chi connectivity index (χ1v) is 9.25. The first kappa shape index (κ1) is 16.8. The van der Waals surface area contributed by atoms with E-state index in [1.54, 1.807) is 0 Å². The molecule has 6 nitrogen and oxygen atoms in total. The SMILES string of the molecule is CCC1CCC2(CC1)NC(=O)N(Cc1coc(-c3ccccc3)n1)C2=O. The van der Waals surface area contributed by atoms with Crippen molar-refractivity contribution in [3.05, 3.63) is 42.3 Å². The van der Waals surface area contributed by atoms with Crippen LogP contribution in [0.15, 0.2) is 41.0 Å². The highest BCUT2D eigenvalue weighted by molar-refractivity contribution is 6.07. The van der Waals surface area contributed by atoms with E-state index in [9.17, 15) is 9.59 Å². The molecule has 26 heavy (non-hydrogen) atoms. The van der Waals surface area contributed by atoms with E-state index in [4.69, 9.17) is 4.42 Å². The van der Waals surface area contributed by atoms with Crippen LogP contribution in [0.1, 0.15) is 44.7 Å². The van der Waals surface area contributed by atoms with Crippen molar-refractivity contribution in [3.63, 3.8) is 0 Å². The number of nitrogens with zero attached hydrogens (tertiary/aromatic N) is 2. The average molecular weight is 353 g/mol. The lowest BCUT2D eigenvalue weighted by atomic mass is 9.75. The van der Waals surface area contributed by atoms with Crippen LogP contribution in [0.5, 0.6) is 0 Å². The number of rotatable bonds is 4. The summed E-state index contributed by atoms with van der Waals surface area (Å²) in [6.07, 6.45) is 6.06. The molecule has 136 valence electrons. The number of amides is 3. The average Bonchev–Trinajstić information content (AvgIpc) is 3.23. The molecule has 1 saturated heterocycles. The number of imide groups is 1. The lowest BCUT2D eigenvalue weighted by molar-refractivity contribution is -0.133. The van der Waals surface area contributed by atoms with Crippen LogP contribution in [-0.4, -0.2) is 27.4 Å². The summed E-state index contributed by atoms with van der Waals surface area (Å²) in [6.45, 7) is 2.32. The maximum Gasteiger partial charge on any atom is 0.325 e. The second kappa shape index (κ2) is 6.59. The molecular formula is C20H23N3O3. The Hall–Kier alpha value is -2.63. The van der Waals surface area contributed by atoms with Crippen LogP contribution in [0.2, 0.25) is 0 Å². The summed E-state index contributed by atoms with van der Waals surface area (Å²) in [5.41, 5.74) is 0.728. The molecule has 6 heteroatoms. The van der Waals surface area contributed by atoms with Gasteiger partial charge in [-0.15, -0.1) is 0 Å². The molecule has 1 spiro atoms. The molecule has 0 unspecified atom stereocenters. The van der Waals surface area contributed by atoms with Gasteiger partial charge in [-0.2, -0.15) is 0 Å². The molecular weight excluding hydrogens is 330 g/mol. The van der Waals surface area contributed by atoms with Gasteiger partial charge in [0.1, 0.15) is 11.8 Å². The summed E-state index contributed by atoms with van der Waals surface area (Å²) in [7, 11) is 0. The molecule has 0 atom stereocenters. The monoisotopic (exact) mass is 353 g/mol. The molecule has 1 aromatic carbocycles. The zero-order valence-corrected chi connectivity index (χ0v) is 14.9. The van der Waals surface area contributed by atoms with E-state index >= 15 is 0 Å². The fourth-order valence-electron chi connectivity index (χ4n) is 3.99. The number of carbonyl (C=O) groups is 2. The van der Waals surface area contributed by atoms with Crippen molar-refractivity contribution in [1.82, 2.24) is 15.2 Å². The van der Waals surface area contributed by atoms with Crippen LogP contribution < -0.4 is 5.32 Å². The second-order valence-corrected chi connectivity index (χ2v) is 7.27. The number of nitrogens with one attached hydrogen (secondary N) is 1. The predicted molar refractivity (Wildman–Crippen MR) is 96.0 cm³/mol. The molecule has 2 heterocycles. The Morgan fingerprint density at radius 1 is 1.23 bits per heavy atom. The molecule has 1 aromatic heterocycles. The molecule has 1 aliphatic heterocycles. The predicted octanol–water partition coefficient (Wildman–Crippen LogP) is 3.73. The van der Waals surface area contributed by atoms with E-state index in [2.05, 4.69) is 17.2 Å². The minimum atomic E-state index is -0.714. The van der Waals surface area contributed by atoms with E-state index in [-0.39, 0.29) is 18.5 Å². The Labute approximate surface area is 152 Å². The number of urea groups is 1. The quantitative estimate of drug-likeness (QED) is 0.850. The Morgan fingerprint density at radius 3 is 2.65 bits per heavy atom. The van der Waals surface area contributed by atoms with Gasteiger partial charge in [-0.25, -0.2) is 9.78 Å². The molecule has 1 N–H and O–H groups in total. The number of carbonyl (C=O) groups excluding carboxylic acids is 2. The first-order chi connectivity index (χ1) is 12.6. The molecule has 1 aliphatic carbocycles. The molecule has 2 fully saturated rings. The minimum absolute atomic E-state index is 0.124. The standard InChI is InChI=1S/C20H23N3O3/c1-2-14-8-10-20(11-9-14)18(24)23(19(25)22-20)12-16-13-26-17(21-16)15-6-4-3-5-7-15/h3-7,13-14H,2,8-12H2,1H3,(H,22,25). The Balaban J connectivity index is 1.48. The summed E-state index contributed by atoms with van der Waals surface area (Å²) >= 11 is 0. The third kappa shape index (κ3) is 2.89. The van der Waals surface area contributed by atoms with Crippen LogP contribution in [0, 0.1) is 5.92 Å². The molecule has 4 rings (SSSR count). The van der Waals surface area contributed by atoms with E-state index < -0.39 is 5.54 Å². The van der Waals surface area contributed by atoms with E-state index in [1.807, 2.05) is 30.3 Å². The normalized spacial score (nSPS) is 25.7. The van der Waals surface area contributed by atoms with Gasteiger partial charge < -0.3 is 9.73 Å². The highest BCUT2D eigenvalue weighted by atomic mass is 16.3. The van der Waals surface area contributed by atoms with E-state index in [1.165, 1.54) is 11.2 Å². The fourth-order valence-corrected chi connectivity index (χ4v) is 3.99. The van der Waals surface area contributed by atoms with Gasteiger partial charge in [0.25, 0.3) is 5.91 Å². The van der Waals surface area contributed by atoms with Crippen molar-refractivity contribution in [2.45, 2.75) is 51.1 Å². The van der Waals surface area contributed by atoms with Crippen LogP contribution in [-0.2, 0) is 11.3 Å². The fraction of sp³-hybridized carbons (Fsp3) is 0.450. The van der Waals surface area contributed by atoms with E-state index in [0.29, 0.717) is 17.5 Å². The Morgan fingerprint density at radius 2 is 1.96 bits per heavy atom. The minimum Gasteiger partial charge on any atom is -0.444 e. The topological polar surface area (TPSA) is 75.4 Å². The van der Waals surface area contributed by atoms with Crippen LogP contribution in [0.4, 0.5) is 4.79 Å². The summed E-state index contributed by atoms with van der Waals surface area (Å²) in [6, 6.07) is 9.23. The summed E-state index contributed by atoms with van der Waals surface area (Å²) < 4.78 is 5.52. The van der Waals surface area contributed by atoms with Crippen LogP contribution in [0.25, 0.3) is 11.5 Å². The van der Waals surface area contributed by atoms with E-state index in [0.717, 1.165) is 37.7 Å².